The van der Waals surface area contributed by atoms with E-state index in [1.807, 2.05) is 6.07 Å². The minimum absolute atomic E-state index is 0.816. The minimum atomic E-state index is 0.816. The van der Waals surface area contributed by atoms with Gasteiger partial charge in [0.05, 0.1) is 0 Å². The highest BCUT2D eigenvalue weighted by Crippen LogP contribution is 2.12. The Morgan fingerprint density at radius 1 is 1.03 bits per heavy atom. The maximum absolute atomic E-state index is 4.87. The van der Waals surface area contributed by atoms with Gasteiger partial charge in [-0.05, 0) is 38.0 Å². The second-order valence-electron chi connectivity index (χ2n) is 7.22. The molecule has 1 aromatic heterocycles. The van der Waals surface area contributed by atoms with Crippen molar-refractivity contribution < 1.29 is 0 Å². The molecule has 7 nitrogen and oxygen atoms in total. The highest BCUT2D eigenvalue weighted by Gasteiger charge is 2.20. The van der Waals surface area contributed by atoms with Gasteiger partial charge in [-0.25, -0.2) is 9.97 Å². The van der Waals surface area contributed by atoms with Gasteiger partial charge in [0.25, 0.3) is 0 Å². The molecule has 1 N–H and O–H groups in total. The lowest BCUT2D eigenvalue weighted by molar-refractivity contribution is 0.370. The molecule has 2 heterocycles. The van der Waals surface area contributed by atoms with Gasteiger partial charge in [-0.2, -0.15) is 0 Å². The number of piperazine rings is 1. The van der Waals surface area contributed by atoms with Crippen LogP contribution in [0.25, 0.3) is 0 Å². The summed E-state index contributed by atoms with van der Waals surface area (Å²) < 4.78 is 0. The molecule has 156 valence electrons. The lowest BCUT2D eigenvalue weighted by Gasteiger charge is -2.36. The first-order valence-corrected chi connectivity index (χ1v) is 10.6. The highest BCUT2D eigenvalue weighted by atomic mass is 15.4. The summed E-state index contributed by atoms with van der Waals surface area (Å²) >= 11 is 0. The van der Waals surface area contributed by atoms with Gasteiger partial charge < -0.3 is 20.0 Å². The fourth-order valence-corrected chi connectivity index (χ4v) is 3.46. The summed E-state index contributed by atoms with van der Waals surface area (Å²) in [6, 6.07) is 12.4. The molecule has 0 atom stereocenters. The van der Waals surface area contributed by atoms with Gasteiger partial charge in [-0.1, -0.05) is 18.2 Å². The van der Waals surface area contributed by atoms with Crippen molar-refractivity contribution in [2.24, 2.45) is 4.99 Å². The number of nitrogens with one attached hydrogen (secondary N) is 1. The summed E-state index contributed by atoms with van der Waals surface area (Å²) in [5.74, 6) is 1.84. The fourth-order valence-electron chi connectivity index (χ4n) is 3.46. The fraction of sp³-hybridized carbons (Fsp3) is 0.500. The number of guanidine groups is 1. The first-order chi connectivity index (χ1) is 14.3. The van der Waals surface area contributed by atoms with Crippen LogP contribution in [-0.2, 0) is 0 Å². The van der Waals surface area contributed by atoms with Crippen LogP contribution >= 0.6 is 0 Å². The number of nitrogens with zero attached hydrogens (tertiary/aromatic N) is 6. The van der Waals surface area contributed by atoms with E-state index >= 15 is 0 Å². The number of para-hydroxylation sites is 1. The lowest BCUT2D eigenvalue weighted by atomic mass is 10.2. The van der Waals surface area contributed by atoms with Gasteiger partial charge in [-0.3, -0.25) is 4.99 Å². The predicted molar refractivity (Wildman–Crippen MR) is 121 cm³/mol. The number of aromatic nitrogens is 2. The van der Waals surface area contributed by atoms with Crippen molar-refractivity contribution >= 4 is 17.6 Å². The minimum Gasteiger partial charge on any atom is -0.375 e. The molecule has 3 rings (SSSR count). The summed E-state index contributed by atoms with van der Waals surface area (Å²) in [6.45, 7) is 8.60. The number of rotatable bonds is 8. The van der Waals surface area contributed by atoms with Gasteiger partial charge in [0, 0.05) is 70.9 Å². The Hall–Kier alpha value is -2.83. The number of aliphatic imine (C=N–C) groups is 1. The van der Waals surface area contributed by atoms with Crippen molar-refractivity contribution in [2.75, 3.05) is 62.7 Å². The standard InChI is InChI=1S/C22H33N7/c1-3-23-21(24-12-7-8-15-27(2)20-10-5-4-6-11-20)28-16-18-29(19-17-28)22-25-13-9-14-26-22/h4-6,9-11,13-14H,3,7-8,12,15-19H2,1-2H3,(H,23,24). The van der Waals surface area contributed by atoms with Gasteiger partial charge in [0.1, 0.15) is 0 Å². The first kappa shape index (κ1) is 20.9. The van der Waals surface area contributed by atoms with E-state index in [4.69, 9.17) is 4.99 Å². The van der Waals surface area contributed by atoms with Gasteiger partial charge in [0.2, 0.25) is 5.95 Å². The van der Waals surface area contributed by atoms with Crippen LogP contribution in [0, 0.1) is 0 Å². The number of unbranched alkanes of at least 4 members (excludes halogenated alkanes) is 1. The Balaban J connectivity index is 1.43. The normalized spacial score (nSPS) is 14.8. The molecule has 1 fully saturated rings. The Bertz CT molecular complexity index is 727. The smallest absolute Gasteiger partial charge is 0.225 e. The molecule has 2 aromatic rings. The van der Waals surface area contributed by atoms with E-state index in [9.17, 15) is 0 Å². The highest BCUT2D eigenvalue weighted by molar-refractivity contribution is 5.80. The Labute approximate surface area is 174 Å². The van der Waals surface area contributed by atoms with Crippen LogP contribution in [0.15, 0.2) is 53.8 Å². The SMILES string of the molecule is CCNC(=NCCCCN(C)c1ccccc1)N1CCN(c2ncccn2)CC1. The zero-order valence-corrected chi connectivity index (χ0v) is 17.7. The predicted octanol–water partition coefficient (Wildman–Crippen LogP) is 2.48. The molecule has 1 saturated heterocycles. The second-order valence-corrected chi connectivity index (χ2v) is 7.22. The van der Waals surface area contributed by atoms with Crippen molar-refractivity contribution in [3.05, 3.63) is 48.8 Å². The maximum Gasteiger partial charge on any atom is 0.225 e. The number of hydrogen-bond donors (Lipinski definition) is 1. The molecule has 1 aliphatic heterocycles. The Kier molecular flexibility index (Phi) is 8.10. The molecule has 0 bridgehead atoms. The van der Waals surface area contributed by atoms with Gasteiger partial charge >= 0.3 is 0 Å². The van der Waals surface area contributed by atoms with Crippen molar-refractivity contribution in [3.63, 3.8) is 0 Å². The average molecular weight is 396 g/mol. The summed E-state index contributed by atoms with van der Waals surface area (Å²) in [4.78, 5) is 20.5. The summed E-state index contributed by atoms with van der Waals surface area (Å²) in [7, 11) is 2.15. The quantitative estimate of drug-likeness (QED) is 0.421. The molecule has 0 spiro atoms. The third-order valence-corrected chi connectivity index (χ3v) is 5.11. The molecule has 7 heteroatoms. The van der Waals surface area contributed by atoms with E-state index in [-0.39, 0.29) is 0 Å². The van der Waals surface area contributed by atoms with Crippen molar-refractivity contribution in [2.45, 2.75) is 19.8 Å². The van der Waals surface area contributed by atoms with Crippen LogP contribution < -0.4 is 15.1 Å². The van der Waals surface area contributed by atoms with E-state index in [0.29, 0.717) is 0 Å². The summed E-state index contributed by atoms with van der Waals surface area (Å²) in [5, 5.41) is 3.45. The van der Waals surface area contributed by atoms with E-state index in [0.717, 1.165) is 70.6 Å². The zero-order chi connectivity index (χ0) is 20.3. The summed E-state index contributed by atoms with van der Waals surface area (Å²) in [5.41, 5.74) is 1.27. The van der Waals surface area contributed by atoms with Crippen LogP contribution in [0.3, 0.4) is 0 Å². The largest absolute Gasteiger partial charge is 0.375 e. The maximum atomic E-state index is 4.87. The third-order valence-electron chi connectivity index (χ3n) is 5.11. The molecule has 0 aliphatic carbocycles. The van der Waals surface area contributed by atoms with Gasteiger partial charge in [-0.15, -0.1) is 0 Å². The summed E-state index contributed by atoms with van der Waals surface area (Å²) in [6.07, 6.45) is 5.82. The zero-order valence-electron chi connectivity index (χ0n) is 17.7. The Morgan fingerprint density at radius 2 is 1.76 bits per heavy atom. The molecule has 0 amide bonds. The molecule has 0 unspecified atom stereocenters. The molecular weight excluding hydrogens is 362 g/mol. The molecule has 29 heavy (non-hydrogen) atoms. The molecule has 1 aliphatic rings. The van der Waals surface area contributed by atoms with Crippen molar-refractivity contribution in [3.8, 4) is 0 Å². The lowest BCUT2D eigenvalue weighted by Crippen LogP contribution is -2.53. The van der Waals surface area contributed by atoms with E-state index in [1.54, 1.807) is 12.4 Å². The number of anilines is 2. The molecule has 0 saturated carbocycles. The van der Waals surface area contributed by atoms with Crippen LogP contribution in [0.1, 0.15) is 19.8 Å². The van der Waals surface area contributed by atoms with E-state index in [1.165, 1.54) is 5.69 Å². The number of benzene rings is 1. The van der Waals surface area contributed by atoms with Crippen molar-refractivity contribution in [1.82, 2.24) is 20.2 Å². The van der Waals surface area contributed by atoms with Crippen LogP contribution in [0.4, 0.5) is 11.6 Å². The van der Waals surface area contributed by atoms with E-state index in [2.05, 4.69) is 74.3 Å². The second kappa shape index (κ2) is 11.2. The van der Waals surface area contributed by atoms with Crippen molar-refractivity contribution in [1.29, 1.82) is 0 Å². The topological polar surface area (TPSA) is 59.9 Å². The van der Waals surface area contributed by atoms with Crippen LogP contribution in [0.2, 0.25) is 0 Å². The third kappa shape index (κ3) is 6.34. The van der Waals surface area contributed by atoms with Crippen LogP contribution in [0.5, 0.6) is 0 Å². The monoisotopic (exact) mass is 395 g/mol. The molecular formula is C22H33N7. The first-order valence-electron chi connectivity index (χ1n) is 10.6. The van der Waals surface area contributed by atoms with E-state index < -0.39 is 0 Å². The van der Waals surface area contributed by atoms with Gasteiger partial charge in [0.15, 0.2) is 5.96 Å². The molecule has 0 radical (unpaired) electrons. The average Bonchev–Trinajstić information content (AvgIpc) is 2.79. The molecule has 1 aromatic carbocycles. The van der Waals surface area contributed by atoms with Crippen LogP contribution in [-0.4, -0.2) is 73.7 Å². The number of hydrogen-bond acceptors (Lipinski definition) is 5. The Morgan fingerprint density at radius 3 is 2.45 bits per heavy atom.